The minimum absolute atomic E-state index is 0.0947. The third-order valence-corrected chi connectivity index (χ3v) is 4.61. The second kappa shape index (κ2) is 8.01. The molecule has 3 rings (SSSR count). The summed E-state index contributed by atoms with van der Waals surface area (Å²) in [6, 6.07) is 10.5. The van der Waals surface area contributed by atoms with Crippen LogP contribution >= 0.6 is 11.8 Å². The van der Waals surface area contributed by atoms with Gasteiger partial charge in [-0.25, -0.2) is 4.39 Å². The van der Waals surface area contributed by atoms with Crippen molar-refractivity contribution in [2.75, 3.05) is 11.9 Å². The molecule has 2 aromatic rings. The Morgan fingerprint density at radius 1 is 1.14 bits per heavy atom. The summed E-state index contributed by atoms with van der Waals surface area (Å²) in [4.78, 5) is 47.6. The monoisotopic (exact) mass is 401 g/mol. The van der Waals surface area contributed by atoms with Crippen LogP contribution < -0.4 is 5.32 Å². The lowest BCUT2D eigenvalue weighted by Gasteiger charge is -2.12. The molecule has 1 heterocycles. The molecule has 28 heavy (non-hydrogen) atoms. The van der Waals surface area contributed by atoms with Crippen molar-refractivity contribution >= 4 is 46.3 Å². The number of benzene rings is 2. The number of hydrogen-bond donors (Lipinski definition) is 1. The van der Waals surface area contributed by atoms with E-state index < -0.39 is 34.3 Å². The molecule has 0 radical (unpaired) electrons. The van der Waals surface area contributed by atoms with Crippen LogP contribution in [0.3, 0.4) is 0 Å². The van der Waals surface area contributed by atoms with E-state index in [1.54, 1.807) is 0 Å². The highest BCUT2D eigenvalue weighted by atomic mass is 32.2. The van der Waals surface area contributed by atoms with Gasteiger partial charge >= 0.3 is 0 Å². The number of halogens is 1. The Kier molecular flexibility index (Phi) is 5.50. The predicted molar refractivity (Wildman–Crippen MR) is 101 cm³/mol. The summed E-state index contributed by atoms with van der Waals surface area (Å²) in [6.07, 6.45) is 1.42. The SMILES string of the molecule is O=C(CN1C(=O)S/C(=C\c2ccc([N+](=O)[O-])cc2)C1=O)Nc1ccc(F)cc1. The van der Waals surface area contributed by atoms with E-state index in [-0.39, 0.29) is 10.6 Å². The molecule has 1 fully saturated rings. The van der Waals surface area contributed by atoms with Gasteiger partial charge in [0.25, 0.3) is 16.8 Å². The smallest absolute Gasteiger partial charge is 0.294 e. The number of anilines is 1. The zero-order valence-electron chi connectivity index (χ0n) is 14.1. The maximum absolute atomic E-state index is 12.9. The minimum Gasteiger partial charge on any atom is -0.325 e. The highest BCUT2D eigenvalue weighted by Gasteiger charge is 2.36. The Morgan fingerprint density at radius 3 is 2.39 bits per heavy atom. The van der Waals surface area contributed by atoms with Gasteiger partial charge in [-0.3, -0.25) is 29.4 Å². The Balaban J connectivity index is 1.68. The van der Waals surface area contributed by atoms with Gasteiger partial charge in [0, 0.05) is 17.8 Å². The van der Waals surface area contributed by atoms with Gasteiger partial charge in [-0.05, 0) is 59.8 Å². The zero-order valence-corrected chi connectivity index (χ0v) is 14.9. The fourth-order valence-corrected chi connectivity index (χ4v) is 3.20. The molecule has 0 aliphatic carbocycles. The first-order chi connectivity index (χ1) is 13.3. The second-order valence-corrected chi connectivity index (χ2v) is 6.66. The lowest BCUT2D eigenvalue weighted by Crippen LogP contribution is -2.36. The van der Waals surface area contributed by atoms with Gasteiger partial charge in [-0.1, -0.05) is 0 Å². The third-order valence-electron chi connectivity index (χ3n) is 3.70. The fraction of sp³-hybridized carbons (Fsp3) is 0.0556. The van der Waals surface area contributed by atoms with Gasteiger partial charge in [0.05, 0.1) is 9.83 Å². The van der Waals surface area contributed by atoms with Crippen molar-refractivity contribution in [1.82, 2.24) is 4.90 Å². The van der Waals surface area contributed by atoms with Crippen molar-refractivity contribution in [3.8, 4) is 0 Å². The molecule has 1 aliphatic heterocycles. The molecule has 0 spiro atoms. The van der Waals surface area contributed by atoms with E-state index in [4.69, 9.17) is 0 Å². The minimum atomic E-state index is -0.636. The lowest BCUT2D eigenvalue weighted by atomic mass is 10.2. The molecular formula is C18H12FN3O5S. The summed E-state index contributed by atoms with van der Waals surface area (Å²) in [7, 11) is 0. The third kappa shape index (κ3) is 4.41. The van der Waals surface area contributed by atoms with E-state index in [9.17, 15) is 28.9 Å². The number of rotatable bonds is 5. The first kappa shape index (κ1) is 19.2. The first-order valence-electron chi connectivity index (χ1n) is 7.89. The number of non-ortho nitro benzene ring substituents is 1. The summed E-state index contributed by atoms with van der Waals surface area (Å²) < 4.78 is 12.9. The van der Waals surface area contributed by atoms with E-state index in [1.807, 2.05) is 0 Å². The number of nitrogens with one attached hydrogen (secondary N) is 1. The summed E-state index contributed by atoms with van der Waals surface area (Å²) in [5, 5.41) is 12.5. The number of carbonyl (C=O) groups excluding carboxylic acids is 3. The van der Waals surface area contributed by atoms with Gasteiger partial charge in [0.2, 0.25) is 5.91 Å². The van der Waals surface area contributed by atoms with E-state index in [2.05, 4.69) is 5.32 Å². The topological polar surface area (TPSA) is 110 Å². The van der Waals surface area contributed by atoms with Crippen LogP contribution in [0.2, 0.25) is 0 Å². The normalized spacial score (nSPS) is 15.2. The summed E-state index contributed by atoms with van der Waals surface area (Å²) in [5.74, 6) is -1.70. The fourth-order valence-electron chi connectivity index (χ4n) is 2.36. The highest BCUT2D eigenvalue weighted by Crippen LogP contribution is 2.32. The molecule has 0 saturated carbocycles. The molecule has 10 heteroatoms. The molecular weight excluding hydrogens is 389 g/mol. The standard InChI is InChI=1S/C18H12FN3O5S/c19-12-3-5-13(6-4-12)20-16(23)10-21-17(24)15(28-18(21)25)9-11-1-7-14(8-2-11)22(26)27/h1-9H,10H2,(H,20,23)/b15-9-. The van der Waals surface area contributed by atoms with Crippen LogP contribution in [-0.4, -0.2) is 33.4 Å². The average Bonchev–Trinajstić information content (AvgIpc) is 2.91. The average molecular weight is 401 g/mol. The first-order valence-corrected chi connectivity index (χ1v) is 8.70. The van der Waals surface area contributed by atoms with E-state index in [1.165, 1.54) is 54.6 Å². The van der Waals surface area contributed by atoms with Crippen LogP contribution in [0.5, 0.6) is 0 Å². The van der Waals surface area contributed by atoms with Gasteiger partial charge in [-0.15, -0.1) is 0 Å². The van der Waals surface area contributed by atoms with Crippen molar-refractivity contribution in [1.29, 1.82) is 0 Å². The number of nitro benzene ring substituents is 1. The summed E-state index contributed by atoms with van der Waals surface area (Å²) >= 11 is 0.672. The number of carbonyl (C=O) groups is 3. The molecule has 1 saturated heterocycles. The number of amides is 3. The highest BCUT2D eigenvalue weighted by molar-refractivity contribution is 8.18. The van der Waals surface area contributed by atoms with Gasteiger partial charge in [0.15, 0.2) is 0 Å². The van der Waals surface area contributed by atoms with Crippen LogP contribution in [0, 0.1) is 15.9 Å². The number of nitrogens with zero attached hydrogens (tertiary/aromatic N) is 2. The van der Waals surface area contributed by atoms with Crippen LogP contribution in [-0.2, 0) is 9.59 Å². The van der Waals surface area contributed by atoms with Gasteiger partial charge in [0.1, 0.15) is 12.4 Å². The molecule has 3 amide bonds. The lowest BCUT2D eigenvalue weighted by molar-refractivity contribution is -0.384. The van der Waals surface area contributed by atoms with E-state index >= 15 is 0 Å². The molecule has 0 unspecified atom stereocenters. The predicted octanol–water partition coefficient (Wildman–Crippen LogP) is 3.41. The molecule has 1 aliphatic rings. The van der Waals surface area contributed by atoms with Crippen molar-refractivity contribution in [3.63, 3.8) is 0 Å². The molecule has 0 aromatic heterocycles. The van der Waals surface area contributed by atoms with Crippen LogP contribution in [0.4, 0.5) is 20.6 Å². The molecule has 0 bridgehead atoms. The number of hydrogen-bond acceptors (Lipinski definition) is 6. The van der Waals surface area contributed by atoms with E-state index in [0.717, 1.165) is 4.90 Å². The maximum Gasteiger partial charge on any atom is 0.294 e. The van der Waals surface area contributed by atoms with E-state index in [0.29, 0.717) is 23.0 Å². The molecule has 0 atom stereocenters. The van der Waals surface area contributed by atoms with Crippen molar-refractivity contribution < 1.29 is 23.7 Å². The molecule has 1 N–H and O–H groups in total. The quantitative estimate of drug-likeness (QED) is 0.467. The number of imide groups is 1. The summed E-state index contributed by atoms with van der Waals surface area (Å²) in [5.41, 5.74) is 0.745. The van der Waals surface area contributed by atoms with Crippen molar-refractivity contribution in [3.05, 3.63) is 74.9 Å². The van der Waals surface area contributed by atoms with Crippen molar-refractivity contribution in [2.45, 2.75) is 0 Å². The molecule has 2 aromatic carbocycles. The van der Waals surface area contributed by atoms with Crippen LogP contribution in [0.25, 0.3) is 6.08 Å². The number of thioether (sulfide) groups is 1. The summed E-state index contributed by atoms with van der Waals surface area (Å²) in [6.45, 7) is -0.486. The van der Waals surface area contributed by atoms with Crippen molar-refractivity contribution in [2.24, 2.45) is 0 Å². The Bertz CT molecular complexity index is 989. The van der Waals surface area contributed by atoms with Gasteiger partial charge < -0.3 is 5.32 Å². The molecule has 8 nitrogen and oxygen atoms in total. The number of nitro groups is 1. The van der Waals surface area contributed by atoms with Crippen LogP contribution in [0.15, 0.2) is 53.4 Å². The Hall–Kier alpha value is -3.53. The maximum atomic E-state index is 12.9. The Labute approximate surface area is 162 Å². The molecule has 142 valence electrons. The Morgan fingerprint density at radius 2 is 1.79 bits per heavy atom. The largest absolute Gasteiger partial charge is 0.325 e. The zero-order chi connectivity index (χ0) is 20.3. The van der Waals surface area contributed by atoms with Crippen LogP contribution in [0.1, 0.15) is 5.56 Å². The van der Waals surface area contributed by atoms with Gasteiger partial charge in [-0.2, -0.15) is 0 Å². The second-order valence-electron chi connectivity index (χ2n) is 5.67.